The van der Waals surface area contributed by atoms with Crippen molar-refractivity contribution in [2.45, 2.75) is 31.7 Å². The Morgan fingerprint density at radius 1 is 1.00 bits per heavy atom. The van der Waals surface area contributed by atoms with Crippen molar-refractivity contribution >= 4 is 6.08 Å². The third kappa shape index (κ3) is 4.87. The topological polar surface area (TPSA) is 27.7 Å². The first-order chi connectivity index (χ1) is 14.3. The molecule has 0 radical (unpaired) electrons. The van der Waals surface area contributed by atoms with Gasteiger partial charge in [-0.1, -0.05) is 66.7 Å². The van der Waals surface area contributed by atoms with E-state index in [1.807, 2.05) is 30.3 Å². The lowest BCUT2D eigenvalue weighted by Gasteiger charge is -2.32. The van der Waals surface area contributed by atoms with E-state index in [9.17, 15) is 0 Å². The second-order valence-electron chi connectivity index (χ2n) is 7.23. The lowest BCUT2D eigenvalue weighted by Crippen LogP contribution is -2.31. The van der Waals surface area contributed by atoms with Crippen LogP contribution < -0.4 is 4.74 Å². The molecule has 2 unspecified atom stereocenters. The Hall–Kier alpha value is -3.04. The van der Waals surface area contributed by atoms with Gasteiger partial charge in [0, 0.05) is 0 Å². The second kappa shape index (κ2) is 9.44. The van der Waals surface area contributed by atoms with Crippen LogP contribution in [0.3, 0.4) is 0 Å². The highest BCUT2D eigenvalue weighted by Crippen LogP contribution is 2.35. The lowest BCUT2D eigenvalue weighted by atomic mass is 9.94. The third-order valence-corrected chi connectivity index (χ3v) is 5.20. The second-order valence-corrected chi connectivity index (χ2v) is 7.23. The number of rotatable bonds is 7. The van der Waals surface area contributed by atoms with Gasteiger partial charge in [0.2, 0.25) is 0 Å². The SMILES string of the molecule is COC=Cc1ccc2c(c1)CCC(C(OCc1ccccc1)c1ccccc1)O2. The smallest absolute Gasteiger partial charge is 0.129 e. The Balaban J connectivity index is 1.53. The van der Waals surface area contributed by atoms with Crippen LogP contribution in [-0.2, 0) is 22.5 Å². The van der Waals surface area contributed by atoms with Gasteiger partial charge in [-0.3, -0.25) is 0 Å². The average Bonchev–Trinajstić information content (AvgIpc) is 2.79. The van der Waals surface area contributed by atoms with E-state index in [0.29, 0.717) is 6.61 Å². The Labute approximate surface area is 172 Å². The molecule has 0 amide bonds. The zero-order chi connectivity index (χ0) is 19.9. The predicted octanol–water partition coefficient (Wildman–Crippen LogP) is 5.96. The summed E-state index contributed by atoms with van der Waals surface area (Å²) in [5, 5.41) is 0. The molecule has 2 atom stereocenters. The van der Waals surface area contributed by atoms with Crippen LogP contribution in [-0.4, -0.2) is 13.2 Å². The summed E-state index contributed by atoms with van der Waals surface area (Å²) in [6.07, 6.45) is 5.40. The van der Waals surface area contributed by atoms with Gasteiger partial charge in [-0.2, -0.15) is 0 Å². The third-order valence-electron chi connectivity index (χ3n) is 5.20. The molecule has 0 saturated heterocycles. The van der Waals surface area contributed by atoms with Crippen molar-refractivity contribution in [2.24, 2.45) is 0 Å². The summed E-state index contributed by atoms with van der Waals surface area (Å²) in [6, 6.07) is 26.9. The van der Waals surface area contributed by atoms with Gasteiger partial charge in [0.05, 0.1) is 20.0 Å². The van der Waals surface area contributed by atoms with Gasteiger partial charge in [-0.15, -0.1) is 0 Å². The number of fused-ring (bicyclic) bond motifs is 1. The molecule has 3 heteroatoms. The molecule has 148 valence electrons. The molecule has 0 saturated carbocycles. The van der Waals surface area contributed by atoms with Gasteiger partial charge in [0.1, 0.15) is 18.0 Å². The standard InChI is InChI=1S/C26H26O3/c1-27-17-16-20-12-14-24-23(18-20)13-15-25(29-24)26(22-10-6-3-7-11-22)28-19-21-8-4-2-5-9-21/h2-12,14,16-18,25-26H,13,15,19H2,1H3. The number of ether oxygens (including phenoxy) is 3. The van der Waals surface area contributed by atoms with Gasteiger partial charge < -0.3 is 14.2 Å². The van der Waals surface area contributed by atoms with Crippen LogP contribution in [0.2, 0.25) is 0 Å². The van der Waals surface area contributed by atoms with Crippen molar-refractivity contribution in [1.82, 2.24) is 0 Å². The average molecular weight is 386 g/mol. The minimum atomic E-state index is -0.113. The van der Waals surface area contributed by atoms with E-state index >= 15 is 0 Å². The number of methoxy groups -OCH3 is 1. The Bertz CT molecular complexity index is 935. The van der Waals surface area contributed by atoms with Gasteiger partial charge in [-0.25, -0.2) is 0 Å². The summed E-state index contributed by atoms with van der Waals surface area (Å²) in [5.41, 5.74) is 4.66. The fourth-order valence-corrected chi connectivity index (χ4v) is 3.71. The lowest BCUT2D eigenvalue weighted by molar-refractivity contribution is -0.0440. The molecule has 0 N–H and O–H groups in total. The fourth-order valence-electron chi connectivity index (χ4n) is 3.71. The van der Waals surface area contributed by atoms with Crippen molar-refractivity contribution in [3.05, 3.63) is 107 Å². The monoisotopic (exact) mass is 386 g/mol. The highest BCUT2D eigenvalue weighted by atomic mass is 16.5. The van der Waals surface area contributed by atoms with E-state index in [0.717, 1.165) is 29.7 Å². The molecule has 1 heterocycles. The first-order valence-electron chi connectivity index (χ1n) is 10.0. The summed E-state index contributed by atoms with van der Waals surface area (Å²) >= 11 is 0. The summed E-state index contributed by atoms with van der Waals surface area (Å²) in [5.74, 6) is 0.944. The maximum atomic E-state index is 6.42. The molecule has 1 aliphatic heterocycles. The summed E-state index contributed by atoms with van der Waals surface area (Å²) in [6.45, 7) is 0.563. The predicted molar refractivity (Wildman–Crippen MR) is 116 cm³/mol. The van der Waals surface area contributed by atoms with Crippen LogP contribution in [0.15, 0.2) is 85.1 Å². The first kappa shape index (κ1) is 19.3. The van der Waals surface area contributed by atoms with Gasteiger partial charge in [0.15, 0.2) is 0 Å². The van der Waals surface area contributed by atoms with Crippen molar-refractivity contribution in [1.29, 1.82) is 0 Å². The van der Waals surface area contributed by atoms with Crippen LogP contribution in [0, 0.1) is 0 Å². The van der Waals surface area contributed by atoms with Gasteiger partial charge in [0.25, 0.3) is 0 Å². The highest BCUT2D eigenvalue weighted by Gasteiger charge is 2.30. The molecule has 0 bridgehead atoms. The van der Waals surface area contributed by atoms with E-state index in [-0.39, 0.29) is 12.2 Å². The maximum absolute atomic E-state index is 6.42. The molecule has 0 aliphatic carbocycles. The zero-order valence-corrected chi connectivity index (χ0v) is 16.7. The minimum Gasteiger partial charge on any atom is -0.504 e. The Kier molecular flexibility index (Phi) is 6.28. The molecule has 3 aromatic carbocycles. The zero-order valence-electron chi connectivity index (χ0n) is 16.7. The van der Waals surface area contributed by atoms with Crippen molar-refractivity contribution < 1.29 is 14.2 Å². The van der Waals surface area contributed by atoms with Gasteiger partial charge >= 0.3 is 0 Å². The molecular formula is C26H26O3. The largest absolute Gasteiger partial charge is 0.504 e. The number of hydrogen-bond acceptors (Lipinski definition) is 3. The Morgan fingerprint density at radius 3 is 2.52 bits per heavy atom. The van der Waals surface area contributed by atoms with Crippen LogP contribution in [0.5, 0.6) is 5.75 Å². The number of benzene rings is 3. The van der Waals surface area contributed by atoms with E-state index in [4.69, 9.17) is 14.2 Å². The van der Waals surface area contributed by atoms with Crippen LogP contribution >= 0.6 is 0 Å². The molecule has 0 spiro atoms. The molecule has 0 aromatic heterocycles. The molecular weight excluding hydrogens is 360 g/mol. The maximum Gasteiger partial charge on any atom is 0.129 e. The van der Waals surface area contributed by atoms with Crippen LogP contribution in [0.25, 0.3) is 6.08 Å². The quantitative estimate of drug-likeness (QED) is 0.469. The summed E-state index contributed by atoms with van der Waals surface area (Å²) in [4.78, 5) is 0. The molecule has 0 fully saturated rings. The molecule has 3 aromatic rings. The molecule has 1 aliphatic rings. The number of aryl methyl sites for hydroxylation is 1. The summed E-state index contributed by atoms with van der Waals surface area (Å²) in [7, 11) is 1.65. The van der Waals surface area contributed by atoms with Gasteiger partial charge in [-0.05, 0) is 53.3 Å². The van der Waals surface area contributed by atoms with Crippen LogP contribution in [0.4, 0.5) is 0 Å². The molecule has 4 rings (SSSR count). The van der Waals surface area contributed by atoms with E-state index in [1.165, 1.54) is 11.1 Å². The van der Waals surface area contributed by atoms with Crippen molar-refractivity contribution in [3.8, 4) is 5.75 Å². The fraction of sp³-hybridized carbons (Fsp3) is 0.231. The van der Waals surface area contributed by atoms with E-state index in [1.54, 1.807) is 13.4 Å². The normalized spacial score (nSPS) is 16.8. The van der Waals surface area contributed by atoms with Crippen LogP contribution in [0.1, 0.15) is 34.8 Å². The van der Waals surface area contributed by atoms with Crippen molar-refractivity contribution in [2.75, 3.05) is 7.11 Å². The summed E-state index contributed by atoms with van der Waals surface area (Å²) < 4.78 is 17.8. The number of hydrogen-bond donors (Lipinski definition) is 0. The Morgan fingerprint density at radius 2 is 1.76 bits per heavy atom. The molecule has 29 heavy (non-hydrogen) atoms. The first-order valence-corrected chi connectivity index (χ1v) is 10.0. The van der Waals surface area contributed by atoms with E-state index < -0.39 is 0 Å². The van der Waals surface area contributed by atoms with Crippen molar-refractivity contribution in [3.63, 3.8) is 0 Å². The minimum absolute atomic E-state index is 0.0195. The highest BCUT2D eigenvalue weighted by molar-refractivity contribution is 5.53. The molecule has 3 nitrogen and oxygen atoms in total. The van der Waals surface area contributed by atoms with E-state index in [2.05, 4.69) is 54.6 Å².